The normalized spacial score (nSPS) is 30.7. The fourth-order valence-electron chi connectivity index (χ4n) is 13.0. The molecule has 0 amide bonds. The number of aldehydes is 1. The maximum absolute atomic E-state index is 13.6. The number of methoxy groups -OCH3 is 1. The number of hydrogen-bond donors (Lipinski definition) is 1. The van der Waals surface area contributed by atoms with Crippen LogP contribution in [0.3, 0.4) is 0 Å². The van der Waals surface area contributed by atoms with Gasteiger partial charge in [-0.15, -0.1) is 9.24 Å². The van der Waals surface area contributed by atoms with Gasteiger partial charge in [0, 0.05) is 38.4 Å². The molecule has 0 radical (unpaired) electrons. The average molecular weight is 1370 g/mol. The Morgan fingerprint density at radius 2 is 1.38 bits per heavy atom. The van der Waals surface area contributed by atoms with Crippen molar-refractivity contribution < 1.29 is 61.0 Å². The standard InChI is InChI=1S/C35H54O7S.C22H37IO3.C14H27O3P/c1-7-23(2)18-34-35(39-6)30(22-43(37,38)29-13-9-8-10-14-29)33(42-34)21-32-26(5)24(3)19-28(41-32)15-16-31-25(4)20-27(40-31)12-11-17-36;1-15(13-16(2)18(4)23)10-11-20-17(3)14-19(26-20)9-8-12-25-21(24)22(5,6)7;1-4-10(2)7-14-11(3)12(8-16-9-18)13(17-14)5-6-15/h8-10,13-14,23-24,27-28,30-36H,4-5,7,11-12,15-22H2,1-3,6H3;15-16,19-20H,3-4,8-14H2,1-2,5-7H3;6,10-14H,4-5,7-9,18H2,1-3H3/t23-,24-,27+,28+,30+,31+,32-,33+,34?,35-;15-,16-,19+,20+;10-,11-,12-,13+,14-/m111/s1. The minimum absolute atomic E-state index is 0.0284. The molecule has 0 spiro atoms. The van der Waals surface area contributed by atoms with Gasteiger partial charge in [-0.3, -0.25) is 4.79 Å². The highest BCUT2D eigenvalue weighted by molar-refractivity contribution is 14.1. The van der Waals surface area contributed by atoms with E-state index in [1.165, 1.54) is 22.0 Å². The Labute approximate surface area is 544 Å². The van der Waals surface area contributed by atoms with Crippen molar-refractivity contribution in [2.75, 3.05) is 39.0 Å². The molecule has 6 rings (SSSR count). The Balaban J connectivity index is 0.000000312. The van der Waals surface area contributed by atoms with Crippen LogP contribution in [0.25, 0.3) is 0 Å². The van der Waals surface area contributed by atoms with E-state index >= 15 is 0 Å². The third kappa shape index (κ3) is 25.5. The third-order valence-electron chi connectivity index (χ3n) is 19.1. The summed E-state index contributed by atoms with van der Waals surface area (Å²) in [7, 11) is 0.692. The van der Waals surface area contributed by atoms with Crippen LogP contribution in [0.15, 0.2) is 81.8 Å². The van der Waals surface area contributed by atoms with Crippen LogP contribution in [0, 0.1) is 52.8 Å². The van der Waals surface area contributed by atoms with Crippen molar-refractivity contribution in [3.63, 3.8) is 0 Å². The van der Waals surface area contributed by atoms with Gasteiger partial charge >= 0.3 is 5.97 Å². The molecule has 5 heterocycles. The SMILES string of the molecule is C=C(I)[C@H](C)C[C@H](C)CC[C@@H]1O[C@@H](CCCOC(=O)C(C)(C)C)CC1=C.C=C1C[C@H](CCCO)O[C@H]1CC[C@H]1C[C@@H](C)C(=C)[C@@H](C[C@@H]2OC(C[C@H](C)CC)[C@H](OC)[C@H]2CS(=O)(=O)c2ccccc2)O1.CC[C@@H](C)C[C@H]1O[C@@H](CC=O)[C@H](COCP)[C@H]1C. The van der Waals surface area contributed by atoms with Crippen LogP contribution in [0.1, 0.15) is 192 Å². The molecule has 1 aromatic rings. The van der Waals surface area contributed by atoms with Gasteiger partial charge in [0.05, 0.1) is 103 Å². The molecule has 0 aliphatic carbocycles. The minimum Gasteiger partial charge on any atom is -0.465 e. The number of carbonyl (C=O) groups excluding carboxylic acids is 2. The highest BCUT2D eigenvalue weighted by Crippen LogP contribution is 2.43. The number of allylic oxidation sites excluding steroid dienone is 1. The summed E-state index contributed by atoms with van der Waals surface area (Å²) in [5.41, 5.74) is 2.98. The van der Waals surface area contributed by atoms with Gasteiger partial charge in [0.25, 0.3) is 0 Å². The summed E-state index contributed by atoms with van der Waals surface area (Å²) in [5, 5.41) is 9.17. The molecular formula is C71H118IO13PS. The Kier molecular flexibility index (Phi) is 34.7. The monoisotopic (exact) mass is 1370 g/mol. The zero-order valence-electron chi connectivity index (χ0n) is 55.7. The molecule has 87 heavy (non-hydrogen) atoms. The van der Waals surface area contributed by atoms with E-state index in [1.54, 1.807) is 31.4 Å². The van der Waals surface area contributed by atoms with E-state index in [9.17, 15) is 23.1 Å². The number of benzene rings is 1. The second-order valence-corrected chi connectivity index (χ2v) is 31.2. The summed E-state index contributed by atoms with van der Waals surface area (Å²) >= 11 is 2.33. The van der Waals surface area contributed by atoms with E-state index in [1.807, 2.05) is 26.8 Å². The zero-order chi connectivity index (χ0) is 64.6. The number of ether oxygens (including phenoxy) is 8. The molecule has 0 aromatic heterocycles. The second-order valence-electron chi connectivity index (χ2n) is 27.5. The van der Waals surface area contributed by atoms with Crippen LogP contribution in [0.2, 0.25) is 0 Å². The first-order chi connectivity index (χ1) is 41.2. The number of aliphatic hydroxyl groups excluding tert-OH is 1. The highest BCUT2D eigenvalue weighted by atomic mass is 127. The number of rotatable bonds is 33. The predicted octanol–water partition coefficient (Wildman–Crippen LogP) is 15.6. The summed E-state index contributed by atoms with van der Waals surface area (Å²) in [6, 6.07) is 8.67. The van der Waals surface area contributed by atoms with E-state index < -0.39 is 15.3 Å². The summed E-state index contributed by atoms with van der Waals surface area (Å²) in [6.45, 7) is 41.8. The van der Waals surface area contributed by atoms with Crippen molar-refractivity contribution in [1.29, 1.82) is 0 Å². The van der Waals surface area contributed by atoms with Gasteiger partial charge in [-0.1, -0.05) is 113 Å². The van der Waals surface area contributed by atoms with Crippen LogP contribution in [0.5, 0.6) is 0 Å². The first kappa shape index (κ1) is 77.6. The molecule has 0 bridgehead atoms. The molecule has 5 aliphatic rings. The fourth-order valence-corrected chi connectivity index (χ4v) is 15.1. The van der Waals surface area contributed by atoms with Gasteiger partial charge in [0.1, 0.15) is 6.29 Å². The van der Waals surface area contributed by atoms with Crippen molar-refractivity contribution in [2.45, 2.75) is 264 Å². The lowest BCUT2D eigenvalue weighted by molar-refractivity contribution is -0.153. The molecule has 498 valence electrons. The quantitative estimate of drug-likeness (QED) is 0.0177. The summed E-state index contributed by atoms with van der Waals surface area (Å²) in [4.78, 5) is 22.8. The van der Waals surface area contributed by atoms with E-state index in [-0.39, 0.29) is 97.3 Å². The Morgan fingerprint density at radius 1 is 0.793 bits per heavy atom. The zero-order valence-corrected chi connectivity index (χ0v) is 59.9. The molecule has 5 saturated heterocycles. The lowest BCUT2D eigenvalue weighted by Crippen LogP contribution is -2.40. The molecule has 1 N–H and O–H groups in total. The molecular weight excluding hydrogens is 1250 g/mol. The molecule has 1 aromatic carbocycles. The van der Waals surface area contributed by atoms with Gasteiger partial charge in [-0.2, -0.15) is 0 Å². The van der Waals surface area contributed by atoms with Crippen LogP contribution < -0.4 is 0 Å². The van der Waals surface area contributed by atoms with Gasteiger partial charge in [0.2, 0.25) is 0 Å². The van der Waals surface area contributed by atoms with E-state index in [2.05, 4.69) is 114 Å². The lowest BCUT2D eigenvalue weighted by atomic mass is 9.83. The Bertz CT molecular complexity index is 2350. The molecule has 20 atom stereocenters. The number of esters is 1. The molecule has 2 unspecified atom stereocenters. The van der Waals surface area contributed by atoms with Crippen LogP contribution >= 0.6 is 31.8 Å². The maximum atomic E-state index is 13.6. The van der Waals surface area contributed by atoms with Crippen molar-refractivity contribution >= 4 is 53.9 Å². The number of carbonyl (C=O) groups is 2. The maximum Gasteiger partial charge on any atom is 0.311 e. The van der Waals surface area contributed by atoms with Crippen molar-refractivity contribution in [1.82, 2.24) is 0 Å². The van der Waals surface area contributed by atoms with Gasteiger partial charge in [-0.05, 0) is 201 Å². The van der Waals surface area contributed by atoms with Gasteiger partial charge in [0.15, 0.2) is 9.84 Å². The summed E-state index contributed by atoms with van der Waals surface area (Å²) in [6.07, 6.45) is 17.9. The van der Waals surface area contributed by atoms with Crippen molar-refractivity contribution in [3.8, 4) is 0 Å². The topological polar surface area (TPSA) is 162 Å². The Morgan fingerprint density at radius 3 is 1.94 bits per heavy atom. The van der Waals surface area contributed by atoms with Crippen molar-refractivity contribution in [3.05, 3.63) is 76.9 Å². The third-order valence-corrected chi connectivity index (χ3v) is 22.3. The lowest BCUT2D eigenvalue weighted by Gasteiger charge is -2.38. The minimum atomic E-state index is -3.55. The summed E-state index contributed by atoms with van der Waals surface area (Å²) < 4.78 is 77.1. The molecule has 0 saturated carbocycles. The smallest absolute Gasteiger partial charge is 0.311 e. The van der Waals surface area contributed by atoms with Crippen LogP contribution in [-0.4, -0.2) is 132 Å². The molecule has 5 fully saturated rings. The average Bonchev–Trinajstić information content (AvgIpc) is 1.99. The van der Waals surface area contributed by atoms with E-state index in [4.69, 9.17) is 37.9 Å². The van der Waals surface area contributed by atoms with Gasteiger partial charge in [-0.25, -0.2) is 8.42 Å². The molecule has 16 heteroatoms. The number of sulfone groups is 1. The number of aliphatic hydroxyl groups is 1. The van der Waals surface area contributed by atoms with E-state index in [0.717, 1.165) is 107 Å². The Hall–Kier alpha value is -1.89. The first-order valence-corrected chi connectivity index (χ1v) is 36.7. The van der Waals surface area contributed by atoms with E-state index in [0.29, 0.717) is 72.8 Å². The van der Waals surface area contributed by atoms with Crippen LogP contribution in [0.4, 0.5) is 0 Å². The number of halogens is 1. The second kappa shape index (κ2) is 39.0. The van der Waals surface area contributed by atoms with Crippen LogP contribution in [-0.2, 0) is 57.3 Å². The summed E-state index contributed by atoms with van der Waals surface area (Å²) in [5.74, 6) is 2.98. The first-order valence-electron chi connectivity index (χ1n) is 33.2. The largest absolute Gasteiger partial charge is 0.465 e. The molecule has 13 nitrogen and oxygen atoms in total. The fraction of sp³-hybridized carbons (Fsp3) is 0.775. The molecule has 5 aliphatic heterocycles. The highest BCUT2D eigenvalue weighted by Gasteiger charge is 2.49. The van der Waals surface area contributed by atoms with Crippen molar-refractivity contribution in [2.24, 2.45) is 52.8 Å². The predicted molar refractivity (Wildman–Crippen MR) is 364 cm³/mol. The van der Waals surface area contributed by atoms with Gasteiger partial charge < -0.3 is 47.8 Å². The number of hydrogen-bond acceptors (Lipinski definition) is 13.